The minimum Gasteiger partial charge on any atom is -0.482 e. The van der Waals surface area contributed by atoms with Crippen molar-refractivity contribution in [3.63, 3.8) is 0 Å². The van der Waals surface area contributed by atoms with Gasteiger partial charge in [0.15, 0.2) is 6.61 Å². The zero-order chi connectivity index (χ0) is 16.9. The number of piperidine rings is 1. The van der Waals surface area contributed by atoms with E-state index in [9.17, 15) is 13.2 Å². The summed E-state index contributed by atoms with van der Waals surface area (Å²) in [7, 11) is -3.27. The number of halogens is 1. The van der Waals surface area contributed by atoms with Crippen molar-refractivity contribution in [2.24, 2.45) is 0 Å². The molecule has 128 valence electrons. The Bertz CT molecular complexity index is 651. The maximum Gasteiger partial charge on any atom is 0.260 e. The predicted molar refractivity (Wildman–Crippen MR) is 89.1 cm³/mol. The zero-order valence-electron chi connectivity index (χ0n) is 13.0. The number of nitrogens with zero attached hydrogens (tertiary/aromatic N) is 1. The van der Waals surface area contributed by atoms with Crippen LogP contribution in [-0.4, -0.2) is 51.2 Å². The molecule has 0 bridgehead atoms. The summed E-state index contributed by atoms with van der Waals surface area (Å²) in [6.07, 6.45) is 3.78. The van der Waals surface area contributed by atoms with Crippen LogP contribution in [0.25, 0.3) is 0 Å². The largest absolute Gasteiger partial charge is 0.482 e. The number of sulfonamides is 1. The van der Waals surface area contributed by atoms with Gasteiger partial charge in [-0.15, -0.1) is 0 Å². The summed E-state index contributed by atoms with van der Waals surface area (Å²) in [4.78, 5) is 14.1. The molecule has 0 aromatic heterocycles. The highest BCUT2D eigenvalue weighted by atomic mass is 35.5. The van der Waals surface area contributed by atoms with E-state index in [4.69, 9.17) is 16.3 Å². The van der Waals surface area contributed by atoms with Gasteiger partial charge in [-0.05, 0) is 31.4 Å². The topological polar surface area (TPSA) is 75.7 Å². The van der Waals surface area contributed by atoms with Gasteiger partial charge in [0.05, 0.1) is 11.3 Å². The van der Waals surface area contributed by atoms with Crippen LogP contribution in [0.3, 0.4) is 0 Å². The Labute approximate surface area is 141 Å². The fraction of sp³-hybridized carbons (Fsp3) is 0.533. The van der Waals surface area contributed by atoms with Crippen LogP contribution in [0.1, 0.15) is 19.3 Å². The molecule has 0 unspecified atom stereocenters. The van der Waals surface area contributed by atoms with Crippen molar-refractivity contribution in [1.29, 1.82) is 0 Å². The number of hydrogen-bond acceptors (Lipinski definition) is 4. The minimum absolute atomic E-state index is 0.112. The van der Waals surface area contributed by atoms with Gasteiger partial charge in [-0.1, -0.05) is 23.7 Å². The Morgan fingerprint density at radius 2 is 2.13 bits per heavy atom. The van der Waals surface area contributed by atoms with Gasteiger partial charge in [-0.3, -0.25) is 4.79 Å². The Balaban J connectivity index is 1.94. The van der Waals surface area contributed by atoms with Crippen LogP contribution in [0.4, 0.5) is 0 Å². The molecule has 23 heavy (non-hydrogen) atoms. The summed E-state index contributed by atoms with van der Waals surface area (Å²) in [6.45, 7) is 0.733. The quantitative estimate of drug-likeness (QED) is 0.837. The summed E-state index contributed by atoms with van der Waals surface area (Å²) in [6, 6.07) is 6.83. The first kappa shape index (κ1) is 18.0. The molecular weight excluding hydrogens is 340 g/mol. The third kappa shape index (κ3) is 5.67. The van der Waals surface area contributed by atoms with E-state index in [0.29, 0.717) is 17.3 Å². The summed E-state index contributed by atoms with van der Waals surface area (Å²) in [5.74, 6) is 0.301. The summed E-state index contributed by atoms with van der Waals surface area (Å²) in [5, 5.41) is 0.453. The second-order valence-corrected chi connectivity index (χ2v) is 7.82. The summed E-state index contributed by atoms with van der Waals surface area (Å²) < 4.78 is 30.4. The highest BCUT2D eigenvalue weighted by Gasteiger charge is 2.27. The van der Waals surface area contributed by atoms with Crippen molar-refractivity contribution >= 4 is 27.5 Å². The van der Waals surface area contributed by atoms with Gasteiger partial charge in [0.2, 0.25) is 10.0 Å². The van der Waals surface area contributed by atoms with Crippen molar-refractivity contribution in [2.75, 3.05) is 26.0 Å². The van der Waals surface area contributed by atoms with Crippen LogP contribution in [0.15, 0.2) is 24.3 Å². The second-order valence-electron chi connectivity index (χ2n) is 5.58. The molecule has 1 N–H and O–H groups in total. The lowest BCUT2D eigenvalue weighted by Crippen LogP contribution is -2.50. The van der Waals surface area contributed by atoms with Gasteiger partial charge in [-0.25, -0.2) is 13.1 Å². The van der Waals surface area contributed by atoms with Crippen molar-refractivity contribution in [2.45, 2.75) is 25.3 Å². The van der Waals surface area contributed by atoms with Crippen molar-refractivity contribution in [3.05, 3.63) is 29.3 Å². The Morgan fingerprint density at radius 1 is 1.39 bits per heavy atom. The van der Waals surface area contributed by atoms with Crippen molar-refractivity contribution < 1.29 is 17.9 Å². The first-order valence-electron chi connectivity index (χ1n) is 7.48. The predicted octanol–water partition coefficient (Wildman–Crippen LogP) is 1.65. The molecule has 1 aromatic carbocycles. The van der Waals surface area contributed by atoms with E-state index in [1.165, 1.54) is 0 Å². The number of carbonyl (C=O) groups excluding carboxylic acids is 1. The number of likely N-dealkylation sites (tertiary alicyclic amines) is 1. The SMILES string of the molecule is CS(=O)(=O)NC[C@H]1CCCCN1C(=O)COc1ccccc1Cl. The number of para-hydroxylation sites is 1. The molecule has 1 fully saturated rings. The van der Waals surface area contributed by atoms with Gasteiger partial charge in [0.25, 0.3) is 5.91 Å². The van der Waals surface area contributed by atoms with E-state index < -0.39 is 10.0 Å². The molecule has 6 nitrogen and oxygen atoms in total. The molecule has 8 heteroatoms. The molecule has 0 aliphatic carbocycles. The van der Waals surface area contributed by atoms with Crippen molar-refractivity contribution in [3.8, 4) is 5.75 Å². The van der Waals surface area contributed by atoms with Crippen molar-refractivity contribution in [1.82, 2.24) is 9.62 Å². The fourth-order valence-corrected chi connectivity index (χ4v) is 3.26. The van der Waals surface area contributed by atoms with Crippen LogP contribution in [-0.2, 0) is 14.8 Å². The van der Waals surface area contributed by atoms with E-state index in [1.807, 2.05) is 0 Å². The maximum atomic E-state index is 12.4. The van der Waals surface area contributed by atoms with Crippen LogP contribution >= 0.6 is 11.6 Å². The Hall–Kier alpha value is -1.31. The van der Waals surface area contributed by atoms with E-state index in [0.717, 1.165) is 25.5 Å². The Kier molecular flexibility index (Phi) is 6.26. The first-order chi connectivity index (χ1) is 10.9. The second kappa shape index (κ2) is 7.99. The summed E-state index contributed by atoms with van der Waals surface area (Å²) >= 11 is 6.00. The Morgan fingerprint density at radius 3 is 2.83 bits per heavy atom. The lowest BCUT2D eigenvalue weighted by Gasteiger charge is -2.35. The fourth-order valence-electron chi connectivity index (χ4n) is 2.57. The number of nitrogens with one attached hydrogen (secondary N) is 1. The van der Waals surface area contributed by atoms with E-state index in [-0.39, 0.29) is 25.1 Å². The molecule has 1 atom stereocenters. The van der Waals surface area contributed by atoms with Crippen LogP contribution in [0, 0.1) is 0 Å². The first-order valence-corrected chi connectivity index (χ1v) is 9.75. The minimum atomic E-state index is -3.27. The van der Waals surface area contributed by atoms with E-state index in [1.54, 1.807) is 29.2 Å². The molecule has 0 saturated carbocycles. The molecule has 0 radical (unpaired) electrons. The molecule has 0 spiro atoms. The lowest BCUT2D eigenvalue weighted by molar-refractivity contribution is -0.136. The van der Waals surface area contributed by atoms with Gasteiger partial charge < -0.3 is 9.64 Å². The van der Waals surface area contributed by atoms with Gasteiger partial charge in [-0.2, -0.15) is 0 Å². The average molecular weight is 361 g/mol. The molecule has 1 saturated heterocycles. The molecular formula is C15H21ClN2O4S. The monoisotopic (exact) mass is 360 g/mol. The summed E-state index contributed by atoms with van der Waals surface area (Å²) in [5.41, 5.74) is 0. The number of rotatable bonds is 6. The maximum absolute atomic E-state index is 12.4. The lowest BCUT2D eigenvalue weighted by atomic mass is 10.0. The molecule has 1 amide bonds. The number of ether oxygens (including phenoxy) is 1. The molecule has 2 rings (SSSR count). The number of amides is 1. The zero-order valence-corrected chi connectivity index (χ0v) is 14.6. The third-order valence-corrected chi connectivity index (χ3v) is 4.72. The number of hydrogen-bond donors (Lipinski definition) is 1. The van der Waals surface area contributed by atoms with E-state index >= 15 is 0 Å². The number of benzene rings is 1. The highest BCUT2D eigenvalue weighted by molar-refractivity contribution is 7.88. The van der Waals surface area contributed by atoms with Crippen LogP contribution in [0.2, 0.25) is 5.02 Å². The van der Waals surface area contributed by atoms with Gasteiger partial charge >= 0.3 is 0 Å². The molecule has 1 aromatic rings. The molecule has 1 aliphatic rings. The van der Waals surface area contributed by atoms with Crippen LogP contribution in [0.5, 0.6) is 5.75 Å². The van der Waals surface area contributed by atoms with Gasteiger partial charge in [0, 0.05) is 19.1 Å². The van der Waals surface area contributed by atoms with Gasteiger partial charge in [0.1, 0.15) is 5.75 Å². The van der Waals surface area contributed by atoms with E-state index in [2.05, 4.69) is 4.72 Å². The standard InChI is InChI=1S/C15H21ClN2O4S/c1-23(20,21)17-10-12-6-4-5-9-18(12)15(19)11-22-14-8-3-2-7-13(14)16/h2-3,7-8,12,17H,4-6,9-11H2,1H3/t12-/m1/s1. The molecule has 1 heterocycles. The smallest absolute Gasteiger partial charge is 0.260 e. The third-order valence-electron chi connectivity index (χ3n) is 3.72. The highest BCUT2D eigenvalue weighted by Crippen LogP contribution is 2.23. The normalized spacial score (nSPS) is 18.7. The average Bonchev–Trinajstić information content (AvgIpc) is 2.51. The molecule has 1 aliphatic heterocycles. The number of carbonyl (C=O) groups is 1. The van der Waals surface area contributed by atoms with Crippen LogP contribution < -0.4 is 9.46 Å².